The minimum Gasteiger partial charge on any atom is -0.352 e. The van der Waals surface area contributed by atoms with Gasteiger partial charge in [-0.05, 0) is 56.9 Å². The van der Waals surface area contributed by atoms with Crippen LogP contribution >= 0.6 is 11.8 Å². The second kappa shape index (κ2) is 7.43. The summed E-state index contributed by atoms with van der Waals surface area (Å²) in [5.41, 5.74) is 3.36. The van der Waals surface area contributed by atoms with Crippen LogP contribution < -0.4 is 10.9 Å². The maximum absolute atomic E-state index is 13.4. The molecule has 1 aromatic heterocycles. The van der Waals surface area contributed by atoms with E-state index in [4.69, 9.17) is 4.98 Å². The number of nitrogens with zero attached hydrogens (tertiary/aromatic N) is 2. The van der Waals surface area contributed by atoms with Gasteiger partial charge in [-0.2, -0.15) is 0 Å². The minimum absolute atomic E-state index is 0.0111. The van der Waals surface area contributed by atoms with Gasteiger partial charge in [-0.25, -0.2) is 4.98 Å². The Hall–Kier alpha value is -2.60. The molecule has 4 rings (SSSR count). The highest BCUT2D eigenvalue weighted by Gasteiger charge is 2.27. The number of benzene rings is 2. The van der Waals surface area contributed by atoms with Crippen molar-refractivity contribution in [3.8, 4) is 5.69 Å². The van der Waals surface area contributed by atoms with Crippen molar-refractivity contribution in [1.29, 1.82) is 0 Å². The second-order valence-electron chi connectivity index (χ2n) is 7.34. The van der Waals surface area contributed by atoms with E-state index >= 15 is 0 Å². The van der Waals surface area contributed by atoms with Crippen molar-refractivity contribution in [2.75, 3.05) is 0 Å². The summed E-state index contributed by atoms with van der Waals surface area (Å²) in [6.07, 6.45) is 2.09. The molecule has 0 aliphatic heterocycles. The van der Waals surface area contributed by atoms with Gasteiger partial charge in [0.2, 0.25) is 5.91 Å². The van der Waals surface area contributed by atoms with Gasteiger partial charge in [-0.1, -0.05) is 42.1 Å². The van der Waals surface area contributed by atoms with E-state index in [1.54, 1.807) is 10.6 Å². The van der Waals surface area contributed by atoms with Crippen LogP contribution in [0.1, 0.15) is 30.9 Å². The largest absolute Gasteiger partial charge is 0.352 e. The van der Waals surface area contributed by atoms with Crippen molar-refractivity contribution in [1.82, 2.24) is 14.9 Å². The third-order valence-electron chi connectivity index (χ3n) is 4.98. The highest BCUT2D eigenvalue weighted by Crippen LogP contribution is 2.28. The van der Waals surface area contributed by atoms with E-state index in [1.807, 2.05) is 57.2 Å². The standard InChI is InChI=1S/C22H23N3O2S/c1-13-7-6-8-14(2)19(13)25-21(27)17-9-4-5-10-18(17)24-22(25)28-15(3)20(26)23-16-11-12-16/h4-10,15-16H,11-12H2,1-3H3,(H,23,26)/t15-/m0/s1. The molecule has 5 nitrogen and oxygen atoms in total. The molecule has 1 N–H and O–H groups in total. The molecule has 1 aliphatic carbocycles. The van der Waals surface area contributed by atoms with E-state index in [1.165, 1.54) is 11.8 Å². The Balaban J connectivity index is 1.86. The average Bonchev–Trinajstić information content (AvgIpc) is 3.48. The maximum atomic E-state index is 13.4. The van der Waals surface area contributed by atoms with Crippen molar-refractivity contribution < 1.29 is 4.79 Å². The topological polar surface area (TPSA) is 64.0 Å². The first-order chi connectivity index (χ1) is 13.5. The molecule has 0 spiro atoms. The number of hydrogen-bond donors (Lipinski definition) is 1. The number of thioether (sulfide) groups is 1. The van der Waals surface area contributed by atoms with Crippen LogP contribution in [0.15, 0.2) is 52.4 Å². The van der Waals surface area contributed by atoms with Crippen LogP contribution in [0.25, 0.3) is 16.6 Å². The highest BCUT2D eigenvalue weighted by atomic mass is 32.2. The molecule has 1 fully saturated rings. The monoisotopic (exact) mass is 393 g/mol. The maximum Gasteiger partial charge on any atom is 0.266 e. The number of fused-ring (bicyclic) bond motifs is 1. The van der Waals surface area contributed by atoms with Gasteiger partial charge < -0.3 is 5.32 Å². The number of hydrogen-bond acceptors (Lipinski definition) is 4. The molecular weight excluding hydrogens is 370 g/mol. The number of aromatic nitrogens is 2. The Morgan fingerprint density at radius 2 is 1.82 bits per heavy atom. The average molecular weight is 394 g/mol. The summed E-state index contributed by atoms with van der Waals surface area (Å²) in [6, 6.07) is 13.6. The number of carbonyl (C=O) groups excluding carboxylic acids is 1. The van der Waals surface area contributed by atoms with E-state index in [0.717, 1.165) is 29.7 Å². The summed E-state index contributed by atoms with van der Waals surface area (Å²) in [4.78, 5) is 30.6. The lowest BCUT2D eigenvalue weighted by Crippen LogP contribution is -2.33. The molecule has 3 aromatic rings. The third kappa shape index (κ3) is 3.56. The number of amides is 1. The minimum atomic E-state index is -0.343. The van der Waals surface area contributed by atoms with Crippen LogP contribution in [0.4, 0.5) is 0 Å². The molecular formula is C22H23N3O2S. The third-order valence-corrected chi connectivity index (χ3v) is 6.04. The van der Waals surface area contributed by atoms with Gasteiger partial charge in [0, 0.05) is 6.04 Å². The smallest absolute Gasteiger partial charge is 0.266 e. The van der Waals surface area contributed by atoms with Crippen molar-refractivity contribution in [2.24, 2.45) is 0 Å². The number of aryl methyl sites for hydroxylation is 2. The SMILES string of the molecule is Cc1cccc(C)c1-n1c(S[C@@H](C)C(=O)NC2CC2)nc2ccccc2c1=O. The van der Waals surface area contributed by atoms with E-state index in [-0.39, 0.29) is 16.7 Å². The van der Waals surface area contributed by atoms with Gasteiger partial charge in [0.1, 0.15) is 0 Å². The van der Waals surface area contributed by atoms with Crippen molar-refractivity contribution >= 4 is 28.6 Å². The van der Waals surface area contributed by atoms with Crippen molar-refractivity contribution in [3.63, 3.8) is 0 Å². The number of carbonyl (C=O) groups is 1. The quantitative estimate of drug-likeness (QED) is 0.529. The van der Waals surface area contributed by atoms with Crippen LogP contribution in [0.5, 0.6) is 0 Å². The van der Waals surface area contributed by atoms with Gasteiger partial charge in [0.15, 0.2) is 5.16 Å². The molecule has 0 radical (unpaired) electrons. The fraction of sp³-hybridized carbons (Fsp3) is 0.318. The first kappa shape index (κ1) is 18.7. The molecule has 1 atom stereocenters. The zero-order valence-electron chi connectivity index (χ0n) is 16.2. The van der Waals surface area contributed by atoms with Gasteiger partial charge in [0.05, 0.1) is 21.8 Å². The Labute approximate surface area is 168 Å². The fourth-order valence-corrected chi connectivity index (χ4v) is 4.23. The summed E-state index contributed by atoms with van der Waals surface area (Å²) in [7, 11) is 0. The van der Waals surface area contributed by atoms with Gasteiger partial charge in [-0.15, -0.1) is 0 Å². The summed E-state index contributed by atoms with van der Waals surface area (Å²) in [5.74, 6) is -0.0111. The molecule has 1 aliphatic rings. The van der Waals surface area contributed by atoms with Crippen LogP contribution in [0.3, 0.4) is 0 Å². The molecule has 0 bridgehead atoms. The lowest BCUT2D eigenvalue weighted by molar-refractivity contribution is -0.120. The van der Waals surface area contributed by atoms with E-state index < -0.39 is 0 Å². The van der Waals surface area contributed by atoms with Crippen molar-refractivity contribution in [3.05, 3.63) is 63.9 Å². The molecule has 1 saturated carbocycles. The summed E-state index contributed by atoms with van der Waals surface area (Å²) in [6.45, 7) is 5.84. The first-order valence-corrected chi connectivity index (χ1v) is 10.4. The number of para-hydroxylation sites is 2. The zero-order chi connectivity index (χ0) is 19.8. The molecule has 0 saturated heterocycles. The Bertz CT molecular complexity index is 1100. The summed E-state index contributed by atoms with van der Waals surface area (Å²) < 4.78 is 1.67. The molecule has 2 aromatic carbocycles. The van der Waals surface area contributed by atoms with E-state index in [9.17, 15) is 9.59 Å². The number of nitrogens with one attached hydrogen (secondary N) is 1. The lowest BCUT2D eigenvalue weighted by atomic mass is 10.1. The van der Waals surface area contributed by atoms with Crippen LogP contribution in [-0.4, -0.2) is 26.8 Å². The lowest BCUT2D eigenvalue weighted by Gasteiger charge is -2.19. The summed E-state index contributed by atoms with van der Waals surface area (Å²) in [5, 5.41) is 3.80. The van der Waals surface area contributed by atoms with Crippen LogP contribution in [0, 0.1) is 13.8 Å². The molecule has 28 heavy (non-hydrogen) atoms. The Kier molecular flexibility index (Phi) is 4.98. The van der Waals surface area contributed by atoms with E-state index in [0.29, 0.717) is 22.1 Å². The normalized spacial score (nSPS) is 14.8. The Morgan fingerprint density at radius 3 is 2.50 bits per heavy atom. The molecule has 6 heteroatoms. The highest BCUT2D eigenvalue weighted by molar-refractivity contribution is 8.00. The van der Waals surface area contributed by atoms with Crippen LogP contribution in [0.2, 0.25) is 0 Å². The van der Waals surface area contributed by atoms with Gasteiger partial charge in [-0.3, -0.25) is 14.2 Å². The van der Waals surface area contributed by atoms with Gasteiger partial charge >= 0.3 is 0 Å². The predicted molar refractivity (Wildman–Crippen MR) is 113 cm³/mol. The zero-order valence-corrected chi connectivity index (χ0v) is 17.0. The van der Waals surface area contributed by atoms with Crippen LogP contribution in [-0.2, 0) is 4.79 Å². The number of rotatable bonds is 5. The fourth-order valence-electron chi connectivity index (χ4n) is 3.30. The molecule has 1 amide bonds. The molecule has 0 unspecified atom stereocenters. The predicted octanol–water partition coefficient (Wildman–Crippen LogP) is 3.76. The first-order valence-electron chi connectivity index (χ1n) is 9.51. The summed E-state index contributed by atoms with van der Waals surface area (Å²) >= 11 is 1.33. The van der Waals surface area contributed by atoms with Crippen molar-refractivity contribution in [2.45, 2.75) is 50.1 Å². The molecule has 1 heterocycles. The molecule has 144 valence electrons. The van der Waals surface area contributed by atoms with E-state index in [2.05, 4.69) is 5.32 Å². The Morgan fingerprint density at radius 1 is 1.14 bits per heavy atom. The van der Waals surface area contributed by atoms with Gasteiger partial charge in [0.25, 0.3) is 5.56 Å². The second-order valence-corrected chi connectivity index (χ2v) is 8.64.